The van der Waals surface area contributed by atoms with Gasteiger partial charge in [-0.2, -0.15) is 5.10 Å². The molecule has 24 heavy (non-hydrogen) atoms. The van der Waals surface area contributed by atoms with Crippen LogP contribution in [-0.4, -0.2) is 49.3 Å². The van der Waals surface area contributed by atoms with E-state index in [1.54, 1.807) is 7.11 Å². The first kappa shape index (κ1) is 18.1. The van der Waals surface area contributed by atoms with E-state index in [9.17, 15) is 9.59 Å². The van der Waals surface area contributed by atoms with E-state index < -0.39 is 0 Å². The van der Waals surface area contributed by atoms with Gasteiger partial charge in [-0.15, -0.1) is 0 Å². The summed E-state index contributed by atoms with van der Waals surface area (Å²) < 4.78 is 4.93. The molecule has 0 aromatic heterocycles. The second kappa shape index (κ2) is 9.17. The number of aryl methyl sites for hydroxylation is 1. The van der Waals surface area contributed by atoms with Crippen LogP contribution in [0.15, 0.2) is 29.4 Å². The van der Waals surface area contributed by atoms with Gasteiger partial charge < -0.3 is 10.1 Å². The molecular formula is C18H25N3O3. The SMILES string of the molecule is COCCCNC(=O)CCN1N=C(c2ccc(C)cc2)CCC1=O. The summed E-state index contributed by atoms with van der Waals surface area (Å²) in [6.07, 6.45) is 2.10. The molecule has 130 valence electrons. The predicted molar refractivity (Wildman–Crippen MR) is 92.8 cm³/mol. The van der Waals surface area contributed by atoms with Crippen molar-refractivity contribution in [3.05, 3.63) is 35.4 Å². The number of methoxy groups -OCH3 is 1. The van der Waals surface area contributed by atoms with E-state index in [4.69, 9.17) is 4.74 Å². The zero-order valence-electron chi connectivity index (χ0n) is 14.4. The van der Waals surface area contributed by atoms with Gasteiger partial charge in [-0.05, 0) is 18.9 Å². The molecule has 0 bridgehead atoms. The third-order valence-corrected chi connectivity index (χ3v) is 3.89. The van der Waals surface area contributed by atoms with Crippen molar-refractivity contribution < 1.29 is 14.3 Å². The summed E-state index contributed by atoms with van der Waals surface area (Å²) >= 11 is 0. The lowest BCUT2D eigenvalue weighted by Crippen LogP contribution is -2.35. The number of ether oxygens (including phenoxy) is 1. The number of amides is 2. The summed E-state index contributed by atoms with van der Waals surface area (Å²) in [5, 5.41) is 8.68. The van der Waals surface area contributed by atoms with Crippen LogP contribution in [0.5, 0.6) is 0 Å². The normalized spacial score (nSPS) is 14.5. The number of hydrogen-bond acceptors (Lipinski definition) is 4. The quantitative estimate of drug-likeness (QED) is 0.739. The van der Waals surface area contributed by atoms with E-state index in [1.165, 1.54) is 10.6 Å². The lowest BCUT2D eigenvalue weighted by Gasteiger charge is -2.23. The van der Waals surface area contributed by atoms with Gasteiger partial charge in [0.1, 0.15) is 0 Å². The van der Waals surface area contributed by atoms with Crippen molar-refractivity contribution in [2.45, 2.75) is 32.6 Å². The van der Waals surface area contributed by atoms with Gasteiger partial charge in [0.25, 0.3) is 0 Å². The van der Waals surface area contributed by atoms with Gasteiger partial charge in [-0.3, -0.25) is 9.59 Å². The highest BCUT2D eigenvalue weighted by molar-refractivity contribution is 6.04. The maximum Gasteiger partial charge on any atom is 0.243 e. The number of nitrogens with zero attached hydrogens (tertiary/aromatic N) is 2. The lowest BCUT2D eigenvalue weighted by atomic mass is 10.0. The Balaban J connectivity index is 1.88. The average molecular weight is 331 g/mol. The Kier molecular flexibility index (Phi) is 6.93. The summed E-state index contributed by atoms with van der Waals surface area (Å²) in [6.45, 7) is 3.55. The summed E-state index contributed by atoms with van der Waals surface area (Å²) in [5.41, 5.74) is 3.12. The Morgan fingerprint density at radius 3 is 2.75 bits per heavy atom. The van der Waals surface area contributed by atoms with Gasteiger partial charge in [-0.25, -0.2) is 5.01 Å². The van der Waals surface area contributed by atoms with Crippen LogP contribution in [0.3, 0.4) is 0 Å². The lowest BCUT2D eigenvalue weighted by molar-refractivity contribution is -0.132. The Hall–Kier alpha value is -2.21. The summed E-state index contributed by atoms with van der Waals surface area (Å²) in [5.74, 6) is -0.102. The second-order valence-corrected chi connectivity index (χ2v) is 5.88. The molecule has 6 heteroatoms. The van der Waals surface area contributed by atoms with Gasteiger partial charge in [0, 0.05) is 39.5 Å². The molecule has 1 heterocycles. The first-order chi connectivity index (χ1) is 11.6. The monoisotopic (exact) mass is 331 g/mol. The largest absolute Gasteiger partial charge is 0.385 e. The zero-order chi connectivity index (χ0) is 17.4. The fourth-order valence-corrected chi connectivity index (χ4v) is 2.47. The molecule has 2 rings (SSSR count). The Labute approximate surface area is 142 Å². The van der Waals surface area contributed by atoms with Crippen LogP contribution in [0, 0.1) is 6.92 Å². The van der Waals surface area contributed by atoms with Crippen molar-refractivity contribution in [3.63, 3.8) is 0 Å². The van der Waals surface area contributed by atoms with Crippen LogP contribution in [0.4, 0.5) is 0 Å². The smallest absolute Gasteiger partial charge is 0.243 e. The Bertz CT molecular complexity index is 596. The first-order valence-corrected chi connectivity index (χ1v) is 8.30. The highest BCUT2D eigenvalue weighted by atomic mass is 16.5. The summed E-state index contributed by atoms with van der Waals surface area (Å²) in [4.78, 5) is 23.8. The molecule has 1 aliphatic rings. The number of hydrogen-bond donors (Lipinski definition) is 1. The molecule has 0 aliphatic carbocycles. The van der Waals surface area contributed by atoms with Gasteiger partial charge in [0.15, 0.2) is 0 Å². The molecule has 1 aliphatic heterocycles. The van der Waals surface area contributed by atoms with E-state index in [2.05, 4.69) is 10.4 Å². The number of hydrazone groups is 1. The minimum absolute atomic E-state index is 0.0296. The van der Waals surface area contributed by atoms with Crippen molar-refractivity contribution in [2.24, 2.45) is 5.10 Å². The van der Waals surface area contributed by atoms with E-state index in [1.807, 2.05) is 31.2 Å². The van der Waals surface area contributed by atoms with E-state index in [0.717, 1.165) is 17.7 Å². The highest BCUT2D eigenvalue weighted by Gasteiger charge is 2.21. The van der Waals surface area contributed by atoms with Crippen molar-refractivity contribution in [2.75, 3.05) is 26.8 Å². The topological polar surface area (TPSA) is 71.0 Å². The molecule has 6 nitrogen and oxygen atoms in total. The Morgan fingerprint density at radius 2 is 2.04 bits per heavy atom. The molecule has 0 radical (unpaired) electrons. The highest BCUT2D eigenvalue weighted by Crippen LogP contribution is 2.16. The van der Waals surface area contributed by atoms with Crippen LogP contribution in [0.25, 0.3) is 0 Å². The fourth-order valence-electron chi connectivity index (χ4n) is 2.47. The zero-order valence-corrected chi connectivity index (χ0v) is 14.4. The van der Waals surface area contributed by atoms with Crippen LogP contribution >= 0.6 is 0 Å². The number of benzene rings is 1. The summed E-state index contributed by atoms with van der Waals surface area (Å²) in [6, 6.07) is 8.10. The van der Waals surface area contributed by atoms with Crippen molar-refractivity contribution in [3.8, 4) is 0 Å². The second-order valence-electron chi connectivity index (χ2n) is 5.88. The number of nitrogens with one attached hydrogen (secondary N) is 1. The molecule has 0 unspecified atom stereocenters. The van der Waals surface area contributed by atoms with Crippen molar-refractivity contribution in [1.82, 2.24) is 10.3 Å². The third kappa shape index (κ3) is 5.45. The van der Waals surface area contributed by atoms with E-state index in [0.29, 0.717) is 32.5 Å². The maximum atomic E-state index is 12.0. The molecule has 1 N–H and O–H groups in total. The fraction of sp³-hybridized carbons (Fsp3) is 0.500. The Morgan fingerprint density at radius 1 is 1.29 bits per heavy atom. The van der Waals surface area contributed by atoms with Crippen molar-refractivity contribution in [1.29, 1.82) is 0 Å². The molecule has 0 fully saturated rings. The van der Waals surface area contributed by atoms with Gasteiger partial charge >= 0.3 is 0 Å². The molecule has 1 aromatic rings. The van der Waals surface area contributed by atoms with Crippen LogP contribution in [0.1, 0.15) is 36.8 Å². The molecular weight excluding hydrogens is 306 g/mol. The molecule has 2 amide bonds. The molecule has 1 aromatic carbocycles. The minimum atomic E-state index is -0.0726. The standard InChI is InChI=1S/C18H25N3O3/c1-14-4-6-15(7-5-14)16-8-9-18(23)21(20-16)12-10-17(22)19-11-3-13-24-2/h4-7H,3,8-13H2,1-2H3,(H,19,22). The molecule has 0 saturated heterocycles. The average Bonchev–Trinajstić information content (AvgIpc) is 2.59. The van der Waals surface area contributed by atoms with Crippen LogP contribution in [0.2, 0.25) is 0 Å². The van der Waals surface area contributed by atoms with E-state index >= 15 is 0 Å². The van der Waals surface area contributed by atoms with Crippen molar-refractivity contribution >= 4 is 17.5 Å². The number of carbonyl (C=O) groups is 2. The number of rotatable bonds is 8. The van der Waals surface area contributed by atoms with E-state index in [-0.39, 0.29) is 18.2 Å². The molecule has 0 atom stereocenters. The van der Waals surface area contributed by atoms with Crippen LogP contribution in [-0.2, 0) is 14.3 Å². The molecule has 0 saturated carbocycles. The van der Waals surface area contributed by atoms with Crippen LogP contribution < -0.4 is 5.32 Å². The first-order valence-electron chi connectivity index (χ1n) is 8.30. The molecule has 0 spiro atoms. The van der Waals surface area contributed by atoms with Gasteiger partial charge in [-0.1, -0.05) is 29.8 Å². The predicted octanol–water partition coefficient (Wildman–Crippen LogP) is 1.86. The third-order valence-electron chi connectivity index (χ3n) is 3.89. The summed E-state index contributed by atoms with van der Waals surface area (Å²) in [7, 11) is 1.63. The minimum Gasteiger partial charge on any atom is -0.385 e. The maximum absolute atomic E-state index is 12.0. The number of carbonyl (C=O) groups excluding carboxylic acids is 2. The van der Waals surface area contributed by atoms with Gasteiger partial charge in [0.05, 0.1) is 12.3 Å². The van der Waals surface area contributed by atoms with Gasteiger partial charge in [0.2, 0.25) is 11.8 Å².